The van der Waals surface area contributed by atoms with Crippen LogP contribution in [0.1, 0.15) is 41.0 Å². The Morgan fingerprint density at radius 3 is 2.00 bits per heavy atom. The van der Waals surface area contributed by atoms with Crippen LogP contribution in [0.15, 0.2) is 0 Å². The van der Waals surface area contributed by atoms with Crippen molar-refractivity contribution >= 4 is 21.7 Å². The minimum Gasteiger partial charge on any atom is -0.351 e. The van der Waals surface area contributed by atoms with Gasteiger partial charge in [-0.1, -0.05) is 0 Å². The third-order valence-electron chi connectivity index (χ3n) is 3.19. The minimum absolute atomic E-state index is 0.0459. The topological polar surface area (TPSA) is 92.3 Å². The van der Waals surface area contributed by atoms with E-state index in [-0.39, 0.29) is 17.4 Å². The molecule has 0 aliphatic carbocycles. The Hall–Kier alpha value is -1.11. The molecule has 1 heterocycles. The fourth-order valence-corrected chi connectivity index (χ4v) is 3.55. The lowest BCUT2D eigenvalue weighted by Crippen LogP contribution is -2.54. The van der Waals surface area contributed by atoms with Gasteiger partial charge in [-0.15, -0.1) is 0 Å². The Bertz CT molecular complexity index is 503. The van der Waals surface area contributed by atoms with E-state index >= 15 is 0 Å². The number of carbonyl (C=O) groups excluding carboxylic acids is 2. The highest BCUT2D eigenvalue weighted by Crippen LogP contribution is 2.19. The normalized spacial score (nSPS) is 22.4. The predicted octanol–water partition coefficient (Wildman–Crippen LogP) is 0.231. The molecule has 1 aliphatic rings. The first-order chi connectivity index (χ1) is 8.83. The highest BCUT2D eigenvalue weighted by Gasteiger charge is 2.40. The van der Waals surface area contributed by atoms with Crippen LogP contribution < -0.4 is 10.6 Å². The molecule has 0 radical (unpaired) electrons. The molecule has 1 saturated heterocycles. The van der Waals surface area contributed by atoms with Gasteiger partial charge in [0.2, 0.25) is 11.8 Å². The Labute approximate surface area is 120 Å². The van der Waals surface area contributed by atoms with Crippen molar-refractivity contribution in [2.45, 2.75) is 52.6 Å². The minimum atomic E-state index is -3.05. The van der Waals surface area contributed by atoms with Crippen LogP contribution in [0.25, 0.3) is 0 Å². The average Bonchev–Trinajstić information content (AvgIpc) is 2.55. The van der Waals surface area contributed by atoms with Crippen molar-refractivity contribution in [3.05, 3.63) is 0 Å². The SMILES string of the molecule is CC(C)(C)NC(=O)C(C)(C)C(=O)NC1CCS(=O)(=O)C1. The fourth-order valence-electron chi connectivity index (χ4n) is 1.87. The molecule has 116 valence electrons. The van der Waals surface area contributed by atoms with E-state index in [2.05, 4.69) is 10.6 Å². The van der Waals surface area contributed by atoms with Gasteiger partial charge in [-0.25, -0.2) is 8.42 Å². The zero-order chi connectivity index (χ0) is 15.8. The summed E-state index contributed by atoms with van der Waals surface area (Å²) in [7, 11) is -3.05. The summed E-state index contributed by atoms with van der Waals surface area (Å²) in [5.74, 6) is -0.771. The lowest BCUT2D eigenvalue weighted by molar-refractivity contribution is -0.142. The molecular formula is C13H24N2O4S. The molecule has 1 fully saturated rings. The van der Waals surface area contributed by atoms with Crippen molar-refractivity contribution in [3.8, 4) is 0 Å². The second-order valence-corrected chi connectivity index (χ2v) is 9.13. The molecule has 1 atom stereocenters. The fraction of sp³-hybridized carbons (Fsp3) is 0.846. The van der Waals surface area contributed by atoms with Gasteiger partial charge in [-0.3, -0.25) is 9.59 Å². The van der Waals surface area contributed by atoms with Crippen LogP contribution in [0.3, 0.4) is 0 Å². The maximum atomic E-state index is 12.2. The molecule has 2 amide bonds. The van der Waals surface area contributed by atoms with Crippen LogP contribution in [0, 0.1) is 5.41 Å². The zero-order valence-corrected chi connectivity index (χ0v) is 13.6. The van der Waals surface area contributed by atoms with Crippen LogP contribution in [0.4, 0.5) is 0 Å². The molecule has 0 aromatic heterocycles. The van der Waals surface area contributed by atoms with Crippen molar-refractivity contribution in [1.82, 2.24) is 10.6 Å². The molecule has 0 spiro atoms. The van der Waals surface area contributed by atoms with Crippen LogP contribution >= 0.6 is 0 Å². The van der Waals surface area contributed by atoms with Crippen LogP contribution in [0.5, 0.6) is 0 Å². The first-order valence-corrected chi connectivity index (χ1v) is 8.50. The summed E-state index contributed by atoms with van der Waals surface area (Å²) >= 11 is 0. The highest BCUT2D eigenvalue weighted by molar-refractivity contribution is 7.91. The second-order valence-electron chi connectivity index (χ2n) is 6.90. The largest absolute Gasteiger partial charge is 0.351 e. The molecule has 0 bridgehead atoms. The third kappa shape index (κ3) is 4.47. The number of carbonyl (C=O) groups is 2. The average molecular weight is 304 g/mol. The predicted molar refractivity (Wildman–Crippen MR) is 76.9 cm³/mol. The van der Waals surface area contributed by atoms with E-state index in [0.29, 0.717) is 6.42 Å². The van der Waals surface area contributed by atoms with E-state index in [9.17, 15) is 18.0 Å². The Morgan fingerprint density at radius 2 is 1.60 bits per heavy atom. The van der Waals surface area contributed by atoms with Crippen LogP contribution in [-0.4, -0.2) is 43.3 Å². The van der Waals surface area contributed by atoms with E-state index in [0.717, 1.165) is 0 Å². The van der Waals surface area contributed by atoms with Crippen molar-refractivity contribution in [2.24, 2.45) is 5.41 Å². The van der Waals surface area contributed by atoms with Crippen LogP contribution in [0.2, 0.25) is 0 Å². The smallest absolute Gasteiger partial charge is 0.235 e. The Morgan fingerprint density at radius 1 is 1.05 bits per heavy atom. The van der Waals surface area contributed by atoms with Crippen molar-refractivity contribution in [1.29, 1.82) is 0 Å². The van der Waals surface area contributed by atoms with Gasteiger partial charge in [0.15, 0.2) is 9.84 Å². The van der Waals surface area contributed by atoms with Gasteiger partial charge in [0.25, 0.3) is 0 Å². The van der Waals surface area contributed by atoms with Crippen molar-refractivity contribution in [2.75, 3.05) is 11.5 Å². The van der Waals surface area contributed by atoms with E-state index in [1.165, 1.54) is 13.8 Å². The number of hydrogen-bond donors (Lipinski definition) is 2. The quantitative estimate of drug-likeness (QED) is 0.730. The molecule has 0 saturated carbocycles. The molecule has 0 aromatic rings. The maximum absolute atomic E-state index is 12.2. The lowest BCUT2D eigenvalue weighted by Gasteiger charge is -2.29. The first kappa shape index (κ1) is 16.9. The second kappa shape index (κ2) is 5.35. The zero-order valence-electron chi connectivity index (χ0n) is 12.7. The molecule has 1 aliphatic heterocycles. The van der Waals surface area contributed by atoms with Gasteiger partial charge in [0, 0.05) is 11.6 Å². The van der Waals surface area contributed by atoms with Crippen molar-refractivity contribution in [3.63, 3.8) is 0 Å². The summed E-state index contributed by atoms with van der Waals surface area (Å²) in [5, 5.41) is 5.43. The molecule has 20 heavy (non-hydrogen) atoms. The number of rotatable bonds is 3. The van der Waals surface area contributed by atoms with Gasteiger partial charge in [-0.05, 0) is 41.0 Å². The summed E-state index contributed by atoms with van der Waals surface area (Å²) < 4.78 is 22.7. The third-order valence-corrected chi connectivity index (χ3v) is 4.96. The lowest BCUT2D eigenvalue weighted by atomic mass is 9.89. The van der Waals surface area contributed by atoms with E-state index in [1.54, 1.807) is 0 Å². The van der Waals surface area contributed by atoms with E-state index in [1.807, 2.05) is 20.8 Å². The molecular weight excluding hydrogens is 280 g/mol. The molecule has 1 rings (SSSR count). The Kier molecular flexibility index (Phi) is 4.53. The molecule has 2 N–H and O–H groups in total. The number of amides is 2. The monoisotopic (exact) mass is 304 g/mol. The van der Waals surface area contributed by atoms with E-state index < -0.39 is 32.7 Å². The summed E-state index contributed by atoms with van der Waals surface area (Å²) in [4.78, 5) is 24.3. The highest BCUT2D eigenvalue weighted by atomic mass is 32.2. The van der Waals surface area contributed by atoms with Crippen molar-refractivity contribution < 1.29 is 18.0 Å². The molecule has 0 aromatic carbocycles. The number of hydrogen-bond acceptors (Lipinski definition) is 4. The molecule has 1 unspecified atom stereocenters. The van der Waals surface area contributed by atoms with Crippen LogP contribution in [-0.2, 0) is 19.4 Å². The maximum Gasteiger partial charge on any atom is 0.235 e. The number of sulfone groups is 1. The Balaban J connectivity index is 2.68. The summed E-state index contributed by atoms with van der Waals surface area (Å²) in [6, 6.07) is -0.394. The van der Waals surface area contributed by atoms with E-state index in [4.69, 9.17) is 0 Å². The summed E-state index contributed by atoms with van der Waals surface area (Å²) in [5.41, 5.74) is -1.66. The van der Waals surface area contributed by atoms with Gasteiger partial charge in [0.05, 0.1) is 11.5 Å². The summed E-state index contributed by atoms with van der Waals surface area (Å²) in [6.07, 6.45) is 0.408. The van der Waals surface area contributed by atoms with Gasteiger partial charge < -0.3 is 10.6 Å². The standard InChI is InChI=1S/C13H24N2O4S/c1-12(2,3)15-11(17)13(4,5)10(16)14-9-6-7-20(18,19)8-9/h9H,6-8H2,1-5H3,(H,14,16)(H,15,17). The summed E-state index contributed by atoms with van der Waals surface area (Å²) in [6.45, 7) is 8.58. The van der Waals surface area contributed by atoms with Gasteiger partial charge in [-0.2, -0.15) is 0 Å². The first-order valence-electron chi connectivity index (χ1n) is 6.67. The molecule has 6 nitrogen and oxygen atoms in total. The van der Waals surface area contributed by atoms with Gasteiger partial charge >= 0.3 is 0 Å². The number of nitrogens with one attached hydrogen (secondary N) is 2. The molecule has 7 heteroatoms. The van der Waals surface area contributed by atoms with Gasteiger partial charge in [0.1, 0.15) is 5.41 Å².